The van der Waals surface area contributed by atoms with Gasteiger partial charge in [-0.15, -0.1) is 10.2 Å². The Morgan fingerprint density at radius 3 is 2.60 bits per heavy atom. The van der Waals surface area contributed by atoms with E-state index in [1.807, 2.05) is 6.92 Å². The Bertz CT molecular complexity index is 1380. The van der Waals surface area contributed by atoms with Crippen molar-refractivity contribution in [3.8, 4) is 11.4 Å². The van der Waals surface area contributed by atoms with Gasteiger partial charge in [0.2, 0.25) is 11.8 Å². The molecule has 13 nitrogen and oxygen atoms in total. The van der Waals surface area contributed by atoms with Crippen molar-refractivity contribution in [2.24, 2.45) is 0 Å². The van der Waals surface area contributed by atoms with Crippen LogP contribution in [0.25, 0.3) is 5.69 Å². The van der Waals surface area contributed by atoms with E-state index < -0.39 is 35.8 Å². The van der Waals surface area contributed by atoms with Gasteiger partial charge in [-0.05, 0) is 49.7 Å². The third kappa shape index (κ3) is 6.99. The molecular weight excluding hydrogens is 518 g/mol. The van der Waals surface area contributed by atoms with E-state index in [9.17, 15) is 24.3 Å². The van der Waals surface area contributed by atoms with Crippen molar-refractivity contribution < 1.29 is 29.0 Å². The standard InChI is InChI=1S/C27H31N7O6/c1-17-6-7-19-13-22(17)40-11-9-28-23(36)14-33(10-8-29-26(38)24(18(2)35)32-25(19)37)27(39)20-4-3-5-21(12-20)34-15-30-31-16-34/h3-7,12-13,15-16,18,24,35H,8-11,14H2,1-2H3,(H,28,36)(H,29,38)(H,32,37)/t18-,24+/m1/s1. The van der Waals surface area contributed by atoms with Gasteiger partial charge >= 0.3 is 0 Å². The minimum absolute atomic E-state index is 0.00814. The molecule has 2 bridgehead atoms. The van der Waals surface area contributed by atoms with Crippen LogP contribution in [0, 0.1) is 6.92 Å². The first-order valence-corrected chi connectivity index (χ1v) is 12.7. The van der Waals surface area contributed by atoms with Gasteiger partial charge in [-0.1, -0.05) is 12.1 Å². The van der Waals surface area contributed by atoms with Gasteiger partial charge in [0.15, 0.2) is 0 Å². The molecule has 0 fully saturated rings. The summed E-state index contributed by atoms with van der Waals surface area (Å²) in [7, 11) is 0. The second-order valence-corrected chi connectivity index (χ2v) is 9.31. The maximum absolute atomic E-state index is 13.5. The number of aliphatic hydroxyl groups excluding tert-OH is 1. The molecule has 4 rings (SSSR count). The zero-order chi connectivity index (χ0) is 28.6. The molecule has 0 saturated carbocycles. The topological polar surface area (TPSA) is 168 Å². The van der Waals surface area contributed by atoms with Crippen molar-refractivity contribution in [1.29, 1.82) is 0 Å². The molecule has 0 unspecified atom stereocenters. The van der Waals surface area contributed by atoms with Crippen LogP contribution in [-0.2, 0) is 9.59 Å². The third-order valence-corrected chi connectivity index (χ3v) is 6.30. The fourth-order valence-corrected chi connectivity index (χ4v) is 4.10. The van der Waals surface area contributed by atoms with Crippen LogP contribution >= 0.6 is 0 Å². The number of rotatable bonds is 3. The lowest BCUT2D eigenvalue weighted by atomic mass is 10.1. The first kappa shape index (κ1) is 28.2. The van der Waals surface area contributed by atoms with E-state index in [1.165, 1.54) is 30.5 Å². The van der Waals surface area contributed by atoms with E-state index in [1.54, 1.807) is 41.0 Å². The number of aromatic nitrogens is 3. The molecular formula is C27H31N7O6. The van der Waals surface area contributed by atoms with Crippen LogP contribution in [0.15, 0.2) is 55.1 Å². The molecule has 2 atom stereocenters. The smallest absolute Gasteiger partial charge is 0.254 e. The second kappa shape index (κ2) is 12.8. The minimum atomic E-state index is -1.25. The summed E-state index contributed by atoms with van der Waals surface area (Å²) in [5.41, 5.74) is 2.00. The summed E-state index contributed by atoms with van der Waals surface area (Å²) in [6.45, 7) is 3.19. The second-order valence-electron chi connectivity index (χ2n) is 9.31. The van der Waals surface area contributed by atoms with E-state index in [4.69, 9.17) is 4.74 Å². The maximum Gasteiger partial charge on any atom is 0.254 e. The fraction of sp³-hybridized carbons (Fsp3) is 0.333. The number of nitrogens with zero attached hydrogens (tertiary/aromatic N) is 4. The Kier molecular flexibility index (Phi) is 9.07. The van der Waals surface area contributed by atoms with Crippen LogP contribution in [0.5, 0.6) is 5.75 Å². The number of ether oxygens (including phenoxy) is 1. The van der Waals surface area contributed by atoms with Crippen LogP contribution in [0.3, 0.4) is 0 Å². The number of aliphatic hydroxyl groups is 1. The predicted molar refractivity (Wildman–Crippen MR) is 143 cm³/mol. The molecule has 1 aromatic heterocycles. The monoisotopic (exact) mass is 549 g/mol. The summed E-state index contributed by atoms with van der Waals surface area (Å²) in [6, 6.07) is 10.3. The lowest BCUT2D eigenvalue weighted by Gasteiger charge is -2.24. The molecule has 3 aromatic rings. The van der Waals surface area contributed by atoms with Crippen LogP contribution in [0.1, 0.15) is 33.2 Å². The molecule has 1 aliphatic rings. The van der Waals surface area contributed by atoms with Gasteiger partial charge in [0.1, 0.15) is 31.1 Å². The molecule has 210 valence electrons. The van der Waals surface area contributed by atoms with Gasteiger partial charge in [-0.25, -0.2) is 0 Å². The van der Waals surface area contributed by atoms with Gasteiger partial charge in [0.05, 0.1) is 19.2 Å². The first-order valence-electron chi connectivity index (χ1n) is 12.7. The fourth-order valence-electron chi connectivity index (χ4n) is 4.10. The Morgan fingerprint density at radius 2 is 1.85 bits per heavy atom. The van der Waals surface area contributed by atoms with Crippen molar-refractivity contribution in [3.05, 3.63) is 71.8 Å². The quantitative estimate of drug-likeness (QED) is 0.349. The van der Waals surface area contributed by atoms with E-state index in [0.717, 1.165) is 5.56 Å². The molecule has 0 aliphatic carbocycles. The number of amides is 4. The lowest BCUT2D eigenvalue weighted by molar-refractivity contribution is -0.125. The minimum Gasteiger partial charge on any atom is -0.491 e. The average molecular weight is 550 g/mol. The summed E-state index contributed by atoms with van der Waals surface area (Å²) in [5, 5.41) is 25.7. The van der Waals surface area contributed by atoms with E-state index >= 15 is 0 Å². The Hall–Kier alpha value is -4.78. The molecule has 0 radical (unpaired) electrons. The number of carbonyl (C=O) groups is 4. The summed E-state index contributed by atoms with van der Waals surface area (Å²) in [5.74, 6) is -1.60. The first-order chi connectivity index (χ1) is 19.2. The highest BCUT2D eigenvalue weighted by Gasteiger charge is 2.27. The highest BCUT2D eigenvalue weighted by atomic mass is 16.5. The summed E-state index contributed by atoms with van der Waals surface area (Å²) >= 11 is 0. The number of fused-ring (bicyclic) bond motifs is 2. The van der Waals surface area contributed by atoms with Crippen molar-refractivity contribution in [1.82, 2.24) is 35.6 Å². The van der Waals surface area contributed by atoms with E-state index in [0.29, 0.717) is 17.0 Å². The highest BCUT2D eigenvalue weighted by molar-refractivity contribution is 5.98. The van der Waals surface area contributed by atoms with Gasteiger partial charge in [-0.3, -0.25) is 23.7 Å². The molecule has 0 spiro atoms. The summed E-state index contributed by atoms with van der Waals surface area (Å²) in [6.07, 6.45) is 1.80. The molecule has 4 amide bonds. The number of carbonyl (C=O) groups excluding carboxylic acids is 4. The average Bonchev–Trinajstić information content (AvgIpc) is 3.48. The molecule has 13 heteroatoms. The molecule has 2 aromatic carbocycles. The van der Waals surface area contributed by atoms with Crippen molar-refractivity contribution in [2.45, 2.75) is 26.0 Å². The number of hydrogen-bond donors (Lipinski definition) is 4. The largest absolute Gasteiger partial charge is 0.491 e. The zero-order valence-electron chi connectivity index (χ0n) is 22.2. The maximum atomic E-state index is 13.5. The van der Waals surface area contributed by atoms with Crippen molar-refractivity contribution >= 4 is 23.6 Å². The van der Waals surface area contributed by atoms with Gasteiger partial charge in [0, 0.05) is 29.9 Å². The van der Waals surface area contributed by atoms with E-state index in [2.05, 4.69) is 26.1 Å². The Balaban J connectivity index is 1.56. The van der Waals surface area contributed by atoms with Crippen molar-refractivity contribution in [3.63, 3.8) is 0 Å². The van der Waals surface area contributed by atoms with Crippen molar-refractivity contribution in [2.75, 3.05) is 32.8 Å². The third-order valence-electron chi connectivity index (χ3n) is 6.30. The normalized spacial score (nSPS) is 18.0. The summed E-state index contributed by atoms with van der Waals surface area (Å²) in [4.78, 5) is 53.3. The highest BCUT2D eigenvalue weighted by Crippen LogP contribution is 2.20. The Morgan fingerprint density at radius 1 is 1.07 bits per heavy atom. The van der Waals surface area contributed by atoms with Crippen LogP contribution < -0.4 is 20.7 Å². The summed E-state index contributed by atoms with van der Waals surface area (Å²) < 4.78 is 7.41. The molecule has 0 saturated heterocycles. The van der Waals surface area contributed by atoms with Gasteiger partial charge < -0.3 is 30.7 Å². The van der Waals surface area contributed by atoms with E-state index in [-0.39, 0.29) is 38.3 Å². The predicted octanol–water partition coefficient (Wildman–Crippen LogP) is -0.178. The van der Waals surface area contributed by atoms with Gasteiger partial charge in [-0.2, -0.15) is 0 Å². The lowest BCUT2D eigenvalue weighted by Crippen LogP contribution is -2.53. The Labute approximate surface area is 230 Å². The SMILES string of the molecule is Cc1ccc2cc1OCCNC(=O)CN(C(=O)c1cccc(-n3cnnc3)c1)CCNC(=O)[C@H]([C@@H](C)O)NC2=O. The number of benzene rings is 2. The molecule has 40 heavy (non-hydrogen) atoms. The number of aryl methyl sites for hydroxylation is 1. The zero-order valence-corrected chi connectivity index (χ0v) is 22.2. The van der Waals surface area contributed by atoms with Crippen LogP contribution in [0.4, 0.5) is 0 Å². The van der Waals surface area contributed by atoms with Crippen LogP contribution in [-0.4, -0.2) is 93.3 Å². The van der Waals surface area contributed by atoms with Crippen LogP contribution in [0.2, 0.25) is 0 Å². The molecule has 2 heterocycles. The number of hydrogen-bond acceptors (Lipinski definition) is 8. The molecule has 4 N–H and O–H groups in total. The molecule has 1 aliphatic heterocycles. The number of nitrogens with one attached hydrogen (secondary N) is 3. The van der Waals surface area contributed by atoms with Gasteiger partial charge in [0.25, 0.3) is 11.8 Å².